The maximum Gasteiger partial charge on any atom is 0.0613 e. The summed E-state index contributed by atoms with van der Waals surface area (Å²) in [5.41, 5.74) is 1.22. The zero-order chi connectivity index (χ0) is 10.7. The number of hydrogen-bond donors (Lipinski definition) is 2. The molecule has 0 unspecified atom stereocenters. The maximum atomic E-state index is 9.14. The lowest BCUT2D eigenvalue weighted by atomic mass is 10.2. The Morgan fingerprint density at radius 2 is 2.40 bits per heavy atom. The van der Waals surface area contributed by atoms with Gasteiger partial charge in [0, 0.05) is 30.4 Å². The number of aryl methyl sites for hydroxylation is 1. The van der Waals surface area contributed by atoms with Gasteiger partial charge in [-0.3, -0.25) is 4.68 Å². The predicted molar refractivity (Wildman–Crippen MR) is 58.4 cm³/mol. The van der Waals surface area contributed by atoms with Crippen LogP contribution in [0, 0.1) is 0 Å². The Morgan fingerprint density at radius 3 is 3.00 bits per heavy atom. The van der Waals surface area contributed by atoms with Crippen LogP contribution in [0.3, 0.4) is 0 Å². The van der Waals surface area contributed by atoms with Crippen molar-refractivity contribution in [3.05, 3.63) is 18.0 Å². The quantitative estimate of drug-likeness (QED) is 0.732. The van der Waals surface area contributed by atoms with E-state index in [0.717, 1.165) is 32.4 Å². The molecule has 1 fully saturated rings. The smallest absolute Gasteiger partial charge is 0.0613 e. The molecule has 0 saturated heterocycles. The Labute approximate surface area is 90.3 Å². The molecule has 15 heavy (non-hydrogen) atoms. The summed E-state index contributed by atoms with van der Waals surface area (Å²) in [5, 5.41) is 16.8. The molecule has 1 aliphatic carbocycles. The average Bonchev–Trinajstić information content (AvgIpc) is 2.91. The fourth-order valence-electron chi connectivity index (χ4n) is 1.68. The zero-order valence-electron chi connectivity index (χ0n) is 9.24. The molecule has 1 aromatic heterocycles. The number of aliphatic hydroxyl groups excluding tert-OH is 1. The van der Waals surface area contributed by atoms with Gasteiger partial charge in [-0.2, -0.15) is 5.10 Å². The summed E-state index contributed by atoms with van der Waals surface area (Å²) in [7, 11) is 0. The van der Waals surface area contributed by atoms with Gasteiger partial charge in [-0.1, -0.05) is 6.92 Å². The van der Waals surface area contributed by atoms with Crippen molar-refractivity contribution < 1.29 is 5.11 Å². The average molecular weight is 209 g/mol. The molecule has 1 heterocycles. The third kappa shape index (κ3) is 2.58. The van der Waals surface area contributed by atoms with Crippen LogP contribution in [-0.4, -0.2) is 27.0 Å². The molecule has 0 bridgehead atoms. The summed E-state index contributed by atoms with van der Waals surface area (Å²) in [6, 6.07) is 0. The first-order chi connectivity index (χ1) is 7.28. The Kier molecular flexibility index (Phi) is 3.07. The third-order valence-electron chi connectivity index (χ3n) is 2.96. The van der Waals surface area contributed by atoms with Gasteiger partial charge >= 0.3 is 0 Å². The number of aromatic nitrogens is 2. The van der Waals surface area contributed by atoms with Gasteiger partial charge < -0.3 is 10.4 Å². The molecular weight excluding hydrogens is 190 g/mol. The van der Waals surface area contributed by atoms with Crippen molar-refractivity contribution >= 4 is 0 Å². The van der Waals surface area contributed by atoms with Crippen LogP contribution in [-0.2, 0) is 13.1 Å². The molecule has 0 aliphatic heterocycles. The van der Waals surface area contributed by atoms with Gasteiger partial charge in [0.15, 0.2) is 0 Å². The van der Waals surface area contributed by atoms with E-state index in [0.29, 0.717) is 0 Å². The summed E-state index contributed by atoms with van der Waals surface area (Å²) in [4.78, 5) is 0. The van der Waals surface area contributed by atoms with Gasteiger partial charge in [-0.15, -0.1) is 0 Å². The van der Waals surface area contributed by atoms with Gasteiger partial charge in [-0.25, -0.2) is 0 Å². The van der Waals surface area contributed by atoms with Crippen LogP contribution in [0.4, 0.5) is 0 Å². The van der Waals surface area contributed by atoms with Gasteiger partial charge in [0.1, 0.15) is 0 Å². The summed E-state index contributed by atoms with van der Waals surface area (Å²) >= 11 is 0. The van der Waals surface area contributed by atoms with E-state index in [4.69, 9.17) is 5.11 Å². The monoisotopic (exact) mass is 209 g/mol. The van der Waals surface area contributed by atoms with Crippen molar-refractivity contribution in [3.8, 4) is 0 Å². The van der Waals surface area contributed by atoms with Crippen LogP contribution in [0.5, 0.6) is 0 Å². The van der Waals surface area contributed by atoms with E-state index in [1.54, 1.807) is 0 Å². The van der Waals surface area contributed by atoms with Crippen molar-refractivity contribution in [1.29, 1.82) is 0 Å². The molecule has 0 atom stereocenters. The Hall–Kier alpha value is -0.870. The molecule has 1 aliphatic rings. The Balaban J connectivity index is 1.83. The van der Waals surface area contributed by atoms with E-state index in [2.05, 4.69) is 23.5 Å². The van der Waals surface area contributed by atoms with Crippen LogP contribution in [0.25, 0.3) is 0 Å². The van der Waals surface area contributed by atoms with E-state index in [1.165, 1.54) is 5.56 Å². The van der Waals surface area contributed by atoms with Gasteiger partial charge in [0.05, 0.1) is 12.8 Å². The van der Waals surface area contributed by atoms with Crippen LogP contribution in [0.15, 0.2) is 12.4 Å². The lowest BCUT2D eigenvalue weighted by Gasteiger charge is -2.12. The molecule has 2 N–H and O–H groups in total. The molecule has 84 valence electrons. The van der Waals surface area contributed by atoms with E-state index >= 15 is 0 Å². The predicted octanol–water partition coefficient (Wildman–Crippen LogP) is 0.908. The highest BCUT2D eigenvalue weighted by Gasteiger charge is 2.41. The van der Waals surface area contributed by atoms with E-state index in [1.807, 2.05) is 10.9 Å². The van der Waals surface area contributed by atoms with Crippen molar-refractivity contribution in [2.24, 2.45) is 0 Å². The number of nitrogens with one attached hydrogen (secondary N) is 1. The highest BCUT2D eigenvalue weighted by atomic mass is 16.3. The molecular formula is C11H19N3O. The van der Waals surface area contributed by atoms with Crippen molar-refractivity contribution in [3.63, 3.8) is 0 Å². The summed E-state index contributed by atoms with van der Waals surface area (Å²) < 4.78 is 1.97. The molecule has 0 amide bonds. The third-order valence-corrected chi connectivity index (χ3v) is 2.96. The second-order valence-corrected chi connectivity index (χ2v) is 4.40. The molecule has 1 aromatic rings. The Bertz CT molecular complexity index is 317. The fourth-order valence-corrected chi connectivity index (χ4v) is 1.68. The lowest BCUT2D eigenvalue weighted by molar-refractivity contribution is 0.229. The van der Waals surface area contributed by atoms with Crippen molar-refractivity contribution in [2.75, 3.05) is 6.61 Å². The highest BCUT2D eigenvalue weighted by molar-refractivity contribution is 5.08. The summed E-state index contributed by atoms with van der Waals surface area (Å²) in [5.74, 6) is 0. The van der Waals surface area contributed by atoms with Crippen LogP contribution >= 0.6 is 0 Å². The lowest BCUT2D eigenvalue weighted by Crippen LogP contribution is -2.33. The van der Waals surface area contributed by atoms with Crippen LogP contribution in [0.2, 0.25) is 0 Å². The minimum atomic E-state index is 0.0207. The first-order valence-electron chi connectivity index (χ1n) is 5.65. The molecule has 0 radical (unpaired) electrons. The first-order valence-corrected chi connectivity index (χ1v) is 5.65. The molecule has 4 heteroatoms. The molecule has 1 saturated carbocycles. The van der Waals surface area contributed by atoms with E-state index in [-0.39, 0.29) is 12.1 Å². The first kappa shape index (κ1) is 10.6. The number of aliphatic hydroxyl groups is 1. The standard InChI is InChI=1S/C11H19N3O/c1-2-5-14-8-10(7-13-14)6-12-11(9-15)3-4-11/h7-8,12,15H,2-6,9H2,1H3. The van der Waals surface area contributed by atoms with Crippen molar-refractivity contribution in [2.45, 2.75) is 44.8 Å². The SMILES string of the molecule is CCCn1cc(CNC2(CO)CC2)cn1. The van der Waals surface area contributed by atoms with Gasteiger partial charge in [-0.05, 0) is 19.3 Å². The zero-order valence-corrected chi connectivity index (χ0v) is 9.24. The second kappa shape index (κ2) is 4.33. The molecule has 4 nitrogen and oxygen atoms in total. The van der Waals surface area contributed by atoms with Gasteiger partial charge in [0.2, 0.25) is 0 Å². The Morgan fingerprint density at radius 1 is 1.60 bits per heavy atom. The number of nitrogens with zero attached hydrogens (tertiary/aromatic N) is 2. The normalized spacial score (nSPS) is 18.0. The van der Waals surface area contributed by atoms with E-state index in [9.17, 15) is 0 Å². The highest BCUT2D eigenvalue weighted by Crippen LogP contribution is 2.34. The second-order valence-electron chi connectivity index (χ2n) is 4.40. The minimum absolute atomic E-state index is 0.0207. The number of rotatable bonds is 6. The summed E-state index contributed by atoms with van der Waals surface area (Å²) in [6.07, 6.45) is 7.26. The topological polar surface area (TPSA) is 50.1 Å². The van der Waals surface area contributed by atoms with Crippen molar-refractivity contribution in [1.82, 2.24) is 15.1 Å². The number of hydrogen-bond acceptors (Lipinski definition) is 3. The largest absolute Gasteiger partial charge is 0.394 e. The molecule has 2 rings (SSSR count). The minimum Gasteiger partial charge on any atom is -0.394 e. The fraction of sp³-hybridized carbons (Fsp3) is 0.727. The molecule has 0 aromatic carbocycles. The molecule has 0 spiro atoms. The van der Waals surface area contributed by atoms with Gasteiger partial charge in [0.25, 0.3) is 0 Å². The van der Waals surface area contributed by atoms with E-state index < -0.39 is 0 Å². The summed E-state index contributed by atoms with van der Waals surface area (Å²) in [6.45, 7) is 4.18. The maximum absolute atomic E-state index is 9.14. The van der Waals surface area contributed by atoms with Crippen LogP contribution in [0.1, 0.15) is 31.7 Å². The van der Waals surface area contributed by atoms with Crippen LogP contribution < -0.4 is 5.32 Å².